The fourth-order valence-corrected chi connectivity index (χ4v) is 2.26. The molecule has 152 valence electrons. The van der Waals surface area contributed by atoms with Gasteiger partial charge in [0.1, 0.15) is 5.82 Å². The van der Waals surface area contributed by atoms with E-state index in [2.05, 4.69) is 5.32 Å². The van der Waals surface area contributed by atoms with Gasteiger partial charge in [-0.05, 0) is 49.2 Å². The number of nitrogens with one attached hydrogen (secondary N) is 1. The van der Waals surface area contributed by atoms with E-state index in [1.807, 2.05) is 37.3 Å². The van der Waals surface area contributed by atoms with Crippen LogP contribution in [0.3, 0.4) is 0 Å². The largest absolute Gasteiger partial charge is 0.493 e. The number of rotatable bonds is 8. The molecule has 0 spiro atoms. The molecule has 0 bridgehead atoms. The Bertz CT molecular complexity index is 769. The minimum atomic E-state index is -1.82. The maximum atomic E-state index is 13.5. The summed E-state index contributed by atoms with van der Waals surface area (Å²) >= 11 is 0. The van der Waals surface area contributed by atoms with Crippen molar-refractivity contribution in [1.82, 2.24) is 5.32 Å². The summed E-state index contributed by atoms with van der Waals surface area (Å²) in [6.07, 6.45) is 0.668. The zero-order valence-electron chi connectivity index (χ0n) is 15.8. The summed E-state index contributed by atoms with van der Waals surface area (Å²) in [5, 5.41) is 18.1. The van der Waals surface area contributed by atoms with Gasteiger partial charge in [0.25, 0.3) is 0 Å². The lowest BCUT2D eigenvalue weighted by molar-refractivity contribution is -0.159. The number of carboxylic acids is 2. The van der Waals surface area contributed by atoms with Crippen molar-refractivity contribution in [3.05, 3.63) is 59.4 Å². The standard InChI is InChI=1S/C18H22FNO2.C2H2O4/c1-3-22-18-12-14(8-9-17(18)21-2)13-20-11-10-15-6-4-5-7-16(15)19;3-1(4)2(5)6/h4-9,12,20H,3,10-11,13H2,1-2H3;(H,3,4)(H,5,6). The van der Waals surface area contributed by atoms with Crippen LogP contribution in [0.2, 0.25) is 0 Å². The lowest BCUT2D eigenvalue weighted by atomic mass is 10.1. The van der Waals surface area contributed by atoms with Gasteiger partial charge in [0.15, 0.2) is 11.5 Å². The van der Waals surface area contributed by atoms with Crippen LogP contribution in [0, 0.1) is 5.82 Å². The summed E-state index contributed by atoms with van der Waals surface area (Å²) < 4.78 is 24.3. The maximum Gasteiger partial charge on any atom is 0.414 e. The molecule has 0 radical (unpaired) electrons. The second-order valence-corrected chi connectivity index (χ2v) is 5.55. The molecule has 0 amide bonds. The van der Waals surface area contributed by atoms with Gasteiger partial charge in [-0.1, -0.05) is 24.3 Å². The molecule has 0 unspecified atom stereocenters. The minimum absolute atomic E-state index is 0.146. The molecule has 0 aliphatic rings. The number of aliphatic carboxylic acids is 2. The van der Waals surface area contributed by atoms with E-state index >= 15 is 0 Å². The minimum Gasteiger partial charge on any atom is -0.493 e. The van der Waals surface area contributed by atoms with Crippen molar-refractivity contribution in [1.29, 1.82) is 0 Å². The molecule has 0 saturated heterocycles. The van der Waals surface area contributed by atoms with Crippen molar-refractivity contribution in [3.63, 3.8) is 0 Å². The van der Waals surface area contributed by atoms with Crippen LogP contribution >= 0.6 is 0 Å². The molecule has 2 rings (SSSR count). The van der Waals surface area contributed by atoms with Gasteiger partial charge >= 0.3 is 11.9 Å². The predicted octanol–water partition coefficient (Wildman–Crippen LogP) is 2.72. The van der Waals surface area contributed by atoms with E-state index in [4.69, 9.17) is 29.3 Å². The van der Waals surface area contributed by atoms with Crippen molar-refractivity contribution in [2.45, 2.75) is 19.9 Å². The Balaban J connectivity index is 0.000000568. The Morgan fingerprint density at radius 1 is 1.07 bits per heavy atom. The molecule has 0 atom stereocenters. The monoisotopic (exact) mass is 393 g/mol. The number of hydrogen-bond donors (Lipinski definition) is 3. The van der Waals surface area contributed by atoms with Gasteiger partial charge in [-0.25, -0.2) is 14.0 Å². The van der Waals surface area contributed by atoms with Crippen LogP contribution < -0.4 is 14.8 Å². The normalized spacial score (nSPS) is 9.82. The highest BCUT2D eigenvalue weighted by molar-refractivity contribution is 6.27. The molecule has 0 heterocycles. The molecule has 0 aliphatic heterocycles. The topological polar surface area (TPSA) is 105 Å². The first-order valence-electron chi connectivity index (χ1n) is 8.59. The molecule has 2 aromatic carbocycles. The number of carboxylic acid groups (broad SMARTS) is 2. The Hall–Kier alpha value is -3.13. The third kappa shape index (κ3) is 8.05. The van der Waals surface area contributed by atoms with E-state index in [-0.39, 0.29) is 5.82 Å². The molecule has 8 heteroatoms. The van der Waals surface area contributed by atoms with Crippen molar-refractivity contribution < 1.29 is 33.7 Å². The Morgan fingerprint density at radius 2 is 1.75 bits per heavy atom. The third-order valence-electron chi connectivity index (χ3n) is 3.57. The summed E-state index contributed by atoms with van der Waals surface area (Å²) in [4.78, 5) is 18.2. The van der Waals surface area contributed by atoms with E-state index in [9.17, 15) is 4.39 Å². The van der Waals surface area contributed by atoms with E-state index in [0.29, 0.717) is 19.6 Å². The van der Waals surface area contributed by atoms with E-state index < -0.39 is 11.9 Å². The Morgan fingerprint density at radius 3 is 2.32 bits per heavy atom. The average Bonchev–Trinajstić information content (AvgIpc) is 2.67. The van der Waals surface area contributed by atoms with Crippen LogP contribution in [0.4, 0.5) is 4.39 Å². The number of methoxy groups -OCH3 is 1. The van der Waals surface area contributed by atoms with E-state index in [1.54, 1.807) is 13.2 Å². The van der Waals surface area contributed by atoms with Crippen LogP contribution in [0.1, 0.15) is 18.1 Å². The summed E-state index contributed by atoms with van der Waals surface area (Å²) in [6, 6.07) is 12.7. The van der Waals surface area contributed by atoms with Crippen LogP contribution in [0.15, 0.2) is 42.5 Å². The average molecular weight is 393 g/mol. The molecule has 28 heavy (non-hydrogen) atoms. The van der Waals surface area contributed by atoms with Crippen molar-refractivity contribution in [2.24, 2.45) is 0 Å². The van der Waals surface area contributed by atoms with E-state index in [0.717, 1.165) is 29.2 Å². The molecule has 3 N–H and O–H groups in total. The summed E-state index contributed by atoms with van der Waals surface area (Å²) in [5.41, 5.74) is 1.84. The second-order valence-electron chi connectivity index (χ2n) is 5.55. The second kappa shape index (κ2) is 12.3. The van der Waals surface area contributed by atoms with Crippen LogP contribution in [-0.4, -0.2) is 42.4 Å². The van der Waals surface area contributed by atoms with Crippen LogP contribution in [0.5, 0.6) is 11.5 Å². The first-order chi connectivity index (χ1) is 13.4. The lowest BCUT2D eigenvalue weighted by Gasteiger charge is -2.11. The molecular weight excluding hydrogens is 369 g/mol. The number of hydrogen-bond acceptors (Lipinski definition) is 5. The van der Waals surface area contributed by atoms with Crippen molar-refractivity contribution in [2.75, 3.05) is 20.3 Å². The number of ether oxygens (including phenoxy) is 2. The molecule has 0 aromatic heterocycles. The highest BCUT2D eigenvalue weighted by Crippen LogP contribution is 2.27. The highest BCUT2D eigenvalue weighted by Gasteiger charge is 2.06. The van der Waals surface area contributed by atoms with Gasteiger partial charge < -0.3 is 25.0 Å². The van der Waals surface area contributed by atoms with Crippen molar-refractivity contribution >= 4 is 11.9 Å². The Kier molecular flexibility index (Phi) is 10.1. The zero-order valence-corrected chi connectivity index (χ0v) is 15.8. The maximum absolute atomic E-state index is 13.5. The highest BCUT2D eigenvalue weighted by atomic mass is 19.1. The first kappa shape index (κ1) is 22.9. The van der Waals surface area contributed by atoms with Gasteiger partial charge in [0, 0.05) is 6.54 Å². The predicted molar refractivity (Wildman–Crippen MR) is 101 cm³/mol. The zero-order chi connectivity index (χ0) is 20.9. The third-order valence-corrected chi connectivity index (χ3v) is 3.57. The molecule has 0 aliphatic carbocycles. The molecule has 7 nitrogen and oxygen atoms in total. The van der Waals surface area contributed by atoms with Crippen LogP contribution in [0.25, 0.3) is 0 Å². The smallest absolute Gasteiger partial charge is 0.414 e. The lowest BCUT2D eigenvalue weighted by Crippen LogP contribution is -2.17. The van der Waals surface area contributed by atoms with Gasteiger partial charge in [0.2, 0.25) is 0 Å². The Labute approximate surface area is 162 Å². The fraction of sp³-hybridized carbons (Fsp3) is 0.300. The summed E-state index contributed by atoms with van der Waals surface area (Å²) in [7, 11) is 1.63. The summed E-state index contributed by atoms with van der Waals surface area (Å²) in [5.74, 6) is -2.31. The van der Waals surface area contributed by atoms with Gasteiger partial charge in [-0.3, -0.25) is 0 Å². The molecule has 0 fully saturated rings. The van der Waals surface area contributed by atoms with Crippen molar-refractivity contribution in [3.8, 4) is 11.5 Å². The van der Waals surface area contributed by atoms with Gasteiger partial charge in [-0.15, -0.1) is 0 Å². The number of benzene rings is 2. The molecular formula is C20H24FNO6. The fourth-order valence-electron chi connectivity index (χ4n) is 2.26. The first-order valence-corrected chi connectivity index (χ1v) is 8.59. The quantitative estimate of drug-likeness (QED) is 0.468. The van der Waals surface area contributed by atoms with Gasteiger partial charge in [-0.2, -0.15) is 0 Å². The number of halogens is 1. The van der Waals surface area contributed by atoms with Crippen LogP contribution in [-0.2, 0) is 22.6 Å². The molecule has 0 saturated carbocycles. The number of carbonyl (C=O) groups is 2. The van der Waals surface area contributed by atoms with E-state index in [1.165, 1.54) is 6.07 Å². The SMILES string of the molecule is CCOc1cc(CNCCc2ccccc2F)ccc1OC.O=C(O)C(=O)O. The summed E-state index contributed by atoms with van der Waals surface area (Å²) in [6.45, 7) is 3.97. The van der Waals surface area contributed by atoms with Gasteiger partial charge in [0.05, 0.1) is 13.7 Å². The molecule has 2 aromatic rings.